The Bertz CT molecular complexity index is 975. The second-order valence-corrected chi connectivity index (χ2v) is 9.75. The van der Waals surface area contributed by atoms with Gasteiger partial charge in [-0.25, -0.2) is 0 Å². The van der Waals surface area contributed by atoms with Gasteiger partial charge in [0, 0.05) is 71.1 Å². The molecule has 182 valence electrons. The molecule has 1 aromatic heterocycles. The first-order valence-corrected chi connectivity index (χ1v) is 12.6. The van der Waals surface area contributed by atoms with E-state index in [1.165, 1.54) is 18.4 Å². The van der Waals surface area contributed by atoms with Gasteiger partial charge in [-0.05, 0) is 62.1 Å². The predicted octanol–water partition coefficient (Wildman–Crippen LogP) is 2.36. The van der Waals surface area contributed by atoms with Crippen LogP contribution in [0.1, 0.15) is 34.3 Å². The molecule has 0 bridgehead atoms. The summed E-state index contributed by atoms with van der Waals surface area (Å²) < 4.78 is 5.79. The van der Waals surface area contributed by atoms with Crippen molar-refractivity contribution in [2.24, 2.45) is 0 Å². The number of nitrogens with zero attached hydrogens (tertiary/aromatic N) is 6. The number of aromatic nitrogens is 2. The minimum absolute atomic E-state index is 0.114. The number of anilines is 2. The van der Waals surface area contributed by atoms with Gasteiger partial charge < -0.3 is 19.4 Å². The minimum Gasteiger partial charge on any atom is -0.377 e. The van der Waals surface area contributed by atoms with Crippen LogP contribution in [0.2, 0.25) is 0 Å². The number of hydrogen-bond acceptors (Lipinski definition) is 7. The lowest BCUT2D eigenvalue weighted by atomic mass is 10.1. The monoisotopic (exact) mass is 464 g/mol. The van der Waals surface area contributed by atoms with Gasteiger partial charge in [0.25, 0.3) is 5.91 Å². The number of rotatable bonds is 5. The molecule has 3 fully saturated rings. The molecule has 1 amide bonds. The Morgan fingerprint density at radius 2 is 1.53 bits per heavy atom. The van der Waals surface area contributed by atoms with E-state index in [1.807, 2.05) is 23.1 Å². The van der Waals surface area contributed by atoms with Gasteiger partial charge >= 0.3 is 0 Å². The first-order chi connectivity index (χ1) is 16.6. The molecule has 2 aromatic rings. The Morgan fingerprint density at radius 3 is 2.09 bits per heavy atom. The lowest BCUT2D eigenvalue weighted by Crippen LogP contribution is -2.49. The maximum atomic E-state index is 12.9. The van der Waals surface area contributed by atoms with E-state index in [0.717, 1.165) is 75.2 Å². The topological polar surface area (TPSA) is 65.0 Å². The highest BCUT2D eigenvalue weighted by atomic mass is 16.5. The maximum absolute atomic E-state index is 12.9. The van der Waals surface area contributed by atoms with Gasteiger partial charge in [0.05, 0.1) is 6.10 Å². The minimum atomic E-state index is 0.114. The molecule has 0 aliphatic carbocycles. The van der Waals surface area contributed by atoms with E-state index in [0.29, 0.717) is 19.2 Å². The second-order valence-electron chi connectivity index (χ2n) is 9.75. The van der Waals surface area contributed by atoms with Crippen LogP contribution in [-0.4, -0.2) is 97.5 Å². The van der Waals surface area contributed by atoms with E-state index >= 15 is 0 Å². The molecule has 5 rings (SSSR count). The van der Waals surface area contributed by atoms with Crippen molar-refractivity contribution >= 4 is 17.5 Å². The average Bonchev–Trinajstić information content (AvgIpc) is 3.39. The molecular weight excluding hydrogens is 428 g/mol. The molecule has 0 spiro atoms. The molecule has 8 heteroatoms. The molecule has 3 aliphatic rings. The van der Waals surface area contributed by atoms with Crippen LogP contribution < -0.4 is 9.80 Å². The zero-order chi connectivity index (χ0) is 23.5. The normalized spacial score (nSPS) is 21.8. The third-order valence-corrected chi connectivity index (χ3v) is 7.46. The first-order valence-electron chi connectivity index (χ1n) is 12.6. The summed E-state index contributed by atoms with van der Waals surface area (Å²) in [7, 11) is 0. The number of aryl methyl sites for hydroxylation is 2. The molecule has 0 saturated carbocycles. The second kappa shape index (κ2) is 10.3. The molecule has 1 aromatic carbocycles. The molecule has 1 atom stereocenters. The summed E-state index contributed by atoms with van der Waals surface area (Å²) in [5, 5.41) is 9.06. The SMILES string of the molecule is Cc1ccc(C(=O)N2CCN(c3ccc(N4CCN(CC5CCCO5)CC4)nn3)CC2)cc1C. The van der Waals surface area contributed by atoms with Crippen LogP contribution in [-0.2, 0) is 4.74 Å². The molecule has 8 nitrogen and oxygen atoms in total. The van der Waals surface area contributed by atoms with E-state index in [-0.39, 0.29) is 5.91 Å². The van der Waals surface area contributed by atoms with Crippen LogP contribution in [0.4, 0.5) is 11.6 Å². The fourth-order valence-corrected chi connectivity index (χ4v) is 5.09. The highest BCUT2D eigenvalue weighted by Crippen LogP contribution is 2.20. The Morgan fingerprint density at radius 1 is 0.882 bits per heavy atom. The third-order valence-electron chi connectivity index (χ3n) is 7.46. The summed E-state index contributed by atoms with van der Waals surface area (Å²) in [6, 6.07) is 10.1. The third kappa shape index (κ3) is 5.18. The molecule has 4 heterocycles. The number of piperazine rings is 2. The van der Waals surface area contributed by atoms with Crippen LogP contribution in [0.25, 0.3) is 0 Å². The Kier molecular flexibility index (Phi) is 6.97. The van der Waals surface area contributed by atoms with Crippen molar-refractivity contribution < 1.29 is 9.53 Å². The van der Waals surface area contributed by atoms with E-state index in [9.17, 15) is 4.79 Å². The van der Waals surface area contributed by atoms with Crippen LogP contribution in [0.15, 0.2) is 30.3 Å². The number of benzene rings is 1. The van der Waals surface area contributed by atoms with E-state index in [4.69, 9.17) is 4.74 Å². The van der Waals surface area contributed by atoms with Gasteiger partial charge in [-0.15, -0.1) is 10.2 Å². The summed E-state index contributed by atoms with van der Waals surface area (Å²) in [5.41, 5.74) is 3.14. The fraction of sp³-hybridized carbons (Fsp3) is 0.577. The zero-order valence-electron chi connectivity index (χ0n) is 20.4. The van der Waals surface area contributed by atoms with Crippen molar-refractivity contribution in [1.82, 2.24) is 20.0 Å². The highest BCUT2D eigenvalue weighted by Gasteiger charge is 2.25. The lowest BCUT2D eigenvalue weighted by Gasteiger charge is -2.37. The van der Waals surface area contributed by atoms with Gasteiger partial charge in [0.15, 0.2) is 11.6 Å². The molecule has 34 heavy (non-hydrogen) atoms. The van der Waals surface area contributed by atoms with Crippen molar-refractivity contribution in [2.75, 3.05) is 75.3 Å². The standard InChI is InChI=1S/C26H36N6O2/c1-20-5-6-22(18-21(20)2)26(33)32-15-13-31(14-16-32)25-8-7-24(27-28-25)30-11-9-29(10-12-30)19-23-4-3-17-34-23/h5-8,18,23H,3-4,9-17,19H2,1-2H3. The van der Waals surface area contributed by atoms with Gasteiger partial charge in [0.1, 0.15) is 0 Å². The summed E-state index contributed by atoms with van der Waals surface area (Å²) in [5.74, 6) is 1.95. The zero-order valence-corrected chi connectivity index (χ0v) is 20.4. The summed E-state index contributed by atoms with van der Waals surface area (Å²) in [4.78, 5) is 21.9. The van der Waals surface area contributed by atoms with Gasteiger partial charge in [-0.1, -0.05) is 6.07 Å². The van der Waals surface area contributed by atoms with Gasteiger partial charge in [-0.3, -0.25) is 9.69 Å². The predicted molar refractivity (Wildman–Crippen MR) is 134 cm³/mol. The van der Waals surface area contributed by atoms with Crippen LogP contribution in [0, 0.1) is 13.8 Å². The Labute approximate surface area is 202 Å². The van der Waals surface area contributed by atoms with E-state index in [2.05, 4.69) is 50.9 Å². The number of carbonyl (C=O) groups excluding carboxylic acids is 1. The molecule has 0 N–H and O–H groups in total. The maximum Gasteiger partial charge on any atom is 0.253 e. The average molecular weight is 465 g/mol. The van der Waals surface area contributed by atoms with Gasteiger partial charge in [0.2, 0.25) is 0 Å². The fourth-order valence-electron chi connectivity index (χ4n) is 5.09. The molecule has 0 radical (unpaired) electrons. The van der Waals surface area contributed by atoms with Crippen molar-refractivity contribution in [2.45, 2.75) is 32.8 Å². The Hall–Kier alpha value is -2.71. The number of ether oxygens (including phenoxy) is 1. The van der Waals surface area contributed by atoms with Crippen LogP contribution in [0.3, 0.4) is 0 Å². The first kappa shape index (κ1) is 23.1. The quantitative estimate of drug-likeness (QED) is 0.673. The highest BCUT2D eigenvalue weighted by molar-refractivity contribution is 5.94. The largest absolute Gasteiger partial charge is 0.377 e. The molecule has 1 unspecified atom stereocenters. The smallest absolute Gasteiger partial charge is 0.253 e. The lowest BCUT2D eigenvalue weighted by molar-refractivity contribution is 0.0712. The van der Waals surface area contributed by atoms with Crippen molar-refractivity contribution in [3.63, 3.8) is 0 Å². The van der Waals surface area contributed by atoms with E-state index < -0.39 is 0 Å². The van der Waals surface area contributed by atoms with Crippen LogP contribution >= 0.6 is 0 Å². The number of hydrogen-bond donors (Lipinski definition) is 0. The van der Waals surface area contributed by atoms with E-state index in [1.54, 1.807) is 0 Å². The Balaban J connectivity index is 1.11. The van der Waals surface area contributed by atoms with Crippen molar-refractivity contribution in [3.8, 4) is 0 Å². The van der Waals surface area contributed by atoms with Crippen molar-refractivity contribution in [1.29, 1.82) is 0 Å². The van der Waals surface area contributed by atoms with Gasteiger partial charge in [-0.2, -0.15) is 0 Å². The van der Waals surface area contributed by atoms with Crippen molar-refractivity contribution in [3.05, 3.63) is 47.0 Å². The summed E-state index contributed by atoms with van der Waals surface area (Å²) >= 11 is 0. The summed E-state index contributed by atoms with van der Waals surface area (Å²) in [6.07, 6.45) is 2.81. The number of carbonyl (C=O) groups is 1. The summed E-state index contributed by atoms with van der Waals surface area (Å²) in [6.45, 7) is 13.1. The van der Waals surface area contributed by atoms with Crippen LogP contribution in [0.5, 0.6) is 0 Å². The molecular formula is C26H36N6O2. The molecule has 3 aliphatic heterocycles. The molecule has 3 saturated heterocycles. The number of amides is 1.